The van der Waals surface area contributed by atoms with Gasteiger partial charge in [-0.3, -0.25) is 4.40 Å². The highest BCUT2D eigenvalue weighted by atomic mass is 32.1. The van der Waals surface area contributed by atoms with Crippen molar-refractivity contribution >= 4 is 32.4 Å². The summed E-state index contributed by atoms with van der Waals surface area (Å²) in [6.07, 6.45) is 1.68. The number of carbonyl (C=O) groups is 1. The van der Waals surface area contributed by atoms with Crippen LogP contribution in [-0.2, 0) is 4.74 Å². The summed E-state index contributed by atoms with van der Waals surface area (Å²) in [5.74, 6) is -0.358. The SMILES string of the molecule is CCOC(=O)c1ncn2c1sc1cc(C)ccc12. The van der Waals surface area contributed by atoms with E-state index in [1.165, 1.54) is 5.56 Å². The van der Waals surface area contributed by atoms with E-state index in [0.29, 0.717) is 12.3 Å². The molecule has 2 aromatic heterocycles. The number of rotatable bonds is 2. The molecule has 0 amide bonds. The molecule has 0 spiro atoms. The molecule has 3 rings (SSSR count). The van der Waals surface area contributed by atoms with Crippen molar-refractivity contribution in [3.8, 4) is 0 Å². The number of nitrogens with zero attached hydrogens (tertiary/aromatic N) is 2. The van der Waals surface area contributed by atoms with Crippen LogP contribution in [0.3, 0.4) is 0 Å². The predicted molar refractivity (Wildman–Crippen MR) is 71.3 cm³/mol. The van der Waals surface area contributed by atoms with Crippen molar-refractivity contribution in [1.29, 1.82) is 0 Å². The lowest BCUT2D eigenvalue weighted by Crippen LogP contribution is -2.04. The number of aromatic nitrogens is 2. The van der Waals surface area contributed by atoms with E-state index in [0.717, 1.165) is 15.0 Å². The minimum absolute atomic E-state index is 0.358. The van der Waals surface area contributed by atoms with Crippen LogP contribution in [0.2, 0.25) is 0 Å². The summed E-state index contributed by atoms with van der Waals surface area (Å²) in [6.45, 7) is 4.21. The first-order chi connectivity index (χ1) is 8.70. The van der Waals surface area contributed by atoms with Gasteiger partial charge in [0.15, 0.2) is 5.69 Å². The van der Waals surface area contributed by atoms with Gasteiger partial charge in [-0.2, -0.15) is 0 Å². The van der Waals surface area contributed by atoms with Gasteiger partial charge in [-0.05, 0) is 31.5 Å². The molecule has 0 aliphatic carbocycles. The molecule has 4 nitrogen and oxygen atoms in total. The molecule has 5 heteroatoms. The molecule has 3 aromatic rings. The van der Waals surface area contributed by atoms with Crippen molar-refractivity contribution < 1.29 is 9.53 Å². The van der Waals surface area contributed by atoms with Gasteiger partial charge in [0, 0.05) is 0 Å². The molecule has 92 valence electrons. The second-order valence-corrected chi connectivity index (χ2v) is 5.09. The van der Waals surface area contributed by atoms with Crippen LogP contribution in [0, 0.1) is 6.92 Å². The van der Waals surface area contributed by atoms with Gasteiger partial charge in [0.1, 0.15) is 11.2 Å². The Morgan fingerprint density at radius 1 is 1.50 bits per heavy atom. The van der Waals surface area contributed by atoms with Gasteiger partial charge in [0.2, 0.25) is 0 Å². The molecular weight excluding hydrogens is 248 g/mol. The maximum absolute atomic E-state index is 11.8. The average molecular weight is 260 g/mol. The summed E-state index contributed by atoms with van der Waals surface area (Å²) in [5.41, 5.74) is 2.68. The molecule has 0 aliphatic heterocycles. The van der Waals surface area contributed by atoms with E-state index in [-0.39, 0.29) is 5.97 Å². The molecule has 18 heavy (non-hydrogen) atoms. The Morgan fingerprint density at radius 2 is 2.33 bits per heavy atom. The molecule has 0 unspecified atom stereocenters. The lowest BCUT2D eigenvalue weighted by atomic mass is 10.2. The van der Waals surface area contributed by atoms with E-state index in [1.54, 1.807) is 24.6 Å². The van der Waals surface area contributed by atoms with Gasteiger partial charge < -0.3 is 4.74 Å². The zero-order valence-corrected chi connectivity index (χ0v) is 11.0. The Kier molecular flexibility index (Phi) is 2.56. The smallest absolute Gasteiger partial charge is 0.360 e. The first kappa shape index (κ1) is 11.2. The number of hydrogen-bond donors (Lipinski definition) is 0. The minimum Gasteiger partial charge on any atom is -0.461 e. The van der Waals surface area contributed by atoms with E-state index in [2.05, 4.69) is 24.0 Å². The van der Waals surface area contributed by atoms with Crippen molar-refractivity contribution in [3.05, 3.63) is 35.8 Å². The predicted octanol–water partition coefficient (Wildman–Crippen LogP) is 3.03. The second-order valence-electron chi connectivity index (χ2n) is 4.06. The number of carbonyl (C=O) groups excluding carboxylic acids is 1. The molecular formula is C13H12N2O2S. The van der Waals surface area contributed by atoms with Gasteiger partial charge in [-0.15, -0.1) is 11.3 Å². The van der Waals surface area contributed by atoms with Crippen molar-refractivity contribution in [1.82, 2.24) is 9.38 Å². The maximum atomic E-state index is 11.8. The van der Waals surface area contributed by atoms with Crippen molar-refractivity contribution in [2.45, 2.75) is 13.8 Å². The number of aryl methyl sites for hydroxylation is 1. The summed E-state index contributed by atoms with van der Waals surface area (Å²) in [6, 6.07) is 6.21. The average Bonchev–Trinajstić information content (AvgIpc) is 2.86. The number of thiazole rings is 1. The van der Waals surface area contributed by atoms with Gasteiger partial charge in [-0.1, -0.05) is 6.07 Å². The van der Waals surface area contributed by atoms with Crippen LogP contribution < -0.4 is 0 Å². The van der Waals surface area contributed by atoms with E-state index < -0.39 is 0 Å². The fourth-order valence-electron chi connectivity index (χ4n) is 1.95. The molecule has 0 bridgehead atoms. The maximum Gasteiger partial charge on any atom is 0.360 e. The minimum atomic E-state index is -0.358. The van der Waals surface area contributed by atoms with Crippen LogP contribution in [0.15, 0.2) is 24.5 Å². The molecule has 0 N–H and O–H groups in total. The molecule has 0 fully saturated rings. The van der Waals surface area contributed by atoms with Crippen molar-refractivity contribution in [3.63, 3.8) is 0 Å². The number of esters is 1. The first-order valence-electron chi connectivity index (χ1n) is 5.74. The fourth-order valence-corrected chi connectivity index (χ4v) is 3.15. The lowest BCUT2D eigenvalue weighted by molar-refractivity contribution is 0.0523. The number of benzene rings is 1. The third-order valence-electron chi connectivity index (χ3n) is 2.77. The van der Waals surface area contributed by atoms with E-state index in [1.807, 2.05) is 10.5 Å². The van der Waals surface area contributed by atoms with Crippen LogP contribution in [0.25, 0.3) is 15.0 Å². The first-order valence-corrected chi connectivity index (χ1v) is 6.55. The van der Waals surface area contributed by atoms with E-state index >= 15 is 0 Å². The number of fused-ring (bicyclic) bond motifs is 3. The van der Waals surface area contributed by atoms with Gasteiger partial charge in [0.25, 0.3) is 0 Å². The number of imidazole rings is 1. The third-order valence-corrected chi connectivity index (χ3v) is 3.90. The molecule has 0 aliphatic rings. The summed E-state index contributed by atoms with van der Waals surface area (Å²) in [5, 5.41) is 0. The Hall–Kier alpha value is -1.88. The lowest BCUT2D eigenvalue weighted by Gasteiger charge is -1.96. The largest absolute Gasteiger partial charge is 0.461 e. The summed E-state index contributed by atoms with van der Waals surface area (Å²) >= 11 is 1.56. The second kappa shape index (κ2) is 4.10. The normalized spacial score (nSPS) is 11.2. The summed E-state index contributed by atoms with van der Waals surface area (Å²) in [4.78, 5) is 16.8. The highest BCUT2D eigenvalue weighted by molar-refractivity contribution is 7.24. The standard InChI is InChI=1S/C13H12N2O2S/c1-3-17-13(16)11-12-15(7-14-11)9-5-4-8(2)6-10(9)18-12/h4-7H,3H2,1-2H3. The monoisotopic (exact) mass is 260 g/mol. The Balaban J connectivity index is 2.24. The van der Waals surface area contributed by atoms with Crippen LogP contribution in [-0.4, -0.2) is 22.0 Å². The van der Waals surface area contributed by atoms with Crippen LogP contribution in [0.5, 0.6) is 0 Å². The zero-order chi connectivity index (χ0) is 12.7. The van der Waals surface area contributed by atoms with Crippen molar-refractivity contribution in [2.75, 3.05) is 6.61 Å². The summed E-state index contributed by atoms with van der Waals surface area (Å²) in [7, 11) is 0. The third kappa shape index (κ3) is 1.59. The van der Waals surface area contributed by atoms with Crippen molar-refractivity contribution in [2.24, 2.45) is 0 Å². The Labute approximate surface area is 108 Å². The van der Waals surface area contributed by atoms with Gasteiger partial charge in [0.05, 0.1) is 16.8 Å². The zero-order valence-electron chi connectivity index (χ0n) is 10.1. The number of ether oxygens (including phenoxy) is 1. The Bertz CT molecular complexity index is 742. The number of hydrogen-bond acceptors (Lipinski definition) is 4. The molecule has 0 radical (unpaired) electrons. The molecule has 0 atom stereocenters. The van der Waals surface area contributed by atoms with Crippen LogP contribution in [0.4, 0.5) is 0 Å². The highest BCUT2D eigenvalue weighted by Gasteiger charge is 2.17. The summed E-state index contributed by atoms with van der Waals surface area (Å²) < 4.78 is 8.09. The van der Waals surface area contributed by atoms with Gasteiger partial charge >= 0.3 is 5.97 Å². The topological polar surface area (TPSA) is 43.6 Å². The van der Waals surface area contributed by atoms with E-state index in [4.69, 9.17) is 4.74 Å². The quantitative estimate of drug-likeness (QED) is 0.665. The van der Waals surface area contributed by atoms with E-state index in [9.17, 15) is 4.79 Å². The van der Waals surface area contributed by atoms with Crippen LogP contribution >= 0.6 is 11.3 Å². The molecule has 0 saturated carbocycles. The Morgan fingerprint density at radius 3 is 3.11 bits per heavy atom. The fraction of sp³-hybridized carbons (Fsp3) is 0.231. The molecule has 2 heterocycles. The molecule has 1 aromatic carbocycles. The molecule has 0 saturated heterocycles. The van der Waals surface area contributed by atoms with Gasteiger partial charge in [-0.25, -0.2) is 9.78 Å². The van der Waals surface area contributed by atoms with Crippen LogP contribution in [0.1, 0.15) is 23.0 Å². The highest BCUT2D eigenvalue weighted by Crippen LogP contribution is 2.29.